The van der Waals surface area contributed by atoms with Crippen LogP contribution in [0.2, 0.25) is 0 Å². The van der Waals surface area contributed by atoms with Crippen molar-refractivity contribution in [3.05, 3.63) is 48.0 Å². The van der Waals surface area contributed by atoms with E-state index in [4.69, 9.17) is 14.2 Å². The van der Waals surface area contributed by atoms with Gasteiger partial charge in [-0.05, 0) is 49.7 Å². The van der Waals surface area contributed by atoms with Crippen molar-refractivity contribution in [2.45, 2.75) is 26.8 Å². The van der Waals surface area contributed by atoms with Crippen molar-refractivity contribution in [1.82, 2.24) is 9.80 Å². The number of ether oxygens (including phenoxy) is 3. The minimum absolute atomic E-state index is 0.0243. The topological polar surface area (TPSA) is 80.3 Å². The molecule has 3 rings (SSSR count). The lowest BCUT2D eigenvalue weighted by atomic mass is 10.2. The molecule has 0 radical (unpaired) electrons. The van der Waals surface area contributed by atoms with Gasteiger partial charge in [-0.15, -0.1) is 0 Å². The van der Waals surface area contributed by atoms with E-state index >= 15 is 0 Å². The molecule has 1 aliphatic heterocycles. The number of benzene rings is 2. The number of nitrogens with zero attached hydrogens (tertiary/aromatic N) is 2. The number of rotatable bonds is 11. The summed E-state index contributed by atoms with van der Waals surface area (Å²) in [6.45, 7) is 6.18. The van der Waals surface area contributed by atoms with Crippen LogP contribution in [0.1, 0.15) is 25.8 Å². The molecule has 1 heterocycles. The molecule has 0 bridgehead atoms. The molecule has 0 aromatic heterocycles. The normalized spacial score (nSPS) is 12.0. The number of fused-ring (bicyclic) bond motifs is 1. The third-order valence-electron chi connectivity index (χ3n) is 5.19. The van der Waals surface area contributed by atoms with Gasteiger partial charge in [0, 0.05) is 13.1 Å². The monoisotopic (exact) mass is 441 g/mol. The van der Waals surface area contributed by atoms with Gasteiger partial charge in [0.15, 0.2) is 11.5 Å². The second-order valence-corrected chi connectivity index (χ2v) is 7.55. The molecular formula is C24H31N3O5. The van der Waals surface area contributed by atoms with Crippen LogP contribution in [0.5, 0.6) is 17.2 Å². The lowest BCUT2D eigenvalue weighted by Gasteiger charge is -2.26. The highest BCUT2D eigenvalue weighted by atomic mass is 16.7. The van der Waals surface area contributed by atoms with Gasteiger partial charge in [0.05, 0.1) is 25.9 Å². The van der Waals surface area contributed by atoms with Gasteiger partial charge in [-0.2, -0.15) is 0 Å². The van der Waals surface area contributed by atoms with Gasteiger partial charge in [-0.3, -0.25) is 14.5 Å². The Labute approximate surface area is 189 Å². The maximum absolute atomic E-state index is 13.0. The van der Waals surface area contributed by atoms with E-state index in [1.54, 1.807) is 24.1 Å². The Morgan fingerprint density at radius 1 is 1.06 bits per heavy atom. The quantitative estimate of drug-likeness (QED) is 0.577. The largest absolute Gasteiger partial charge is 0.495 e. The van der Waals surface area contributed by atoms with Crippen LogP contribution in [0.25, 0.3) is 0 Å². The lowest BCUT2D eigenvalue weighted by molar-refractivity contribution is -0.133. The van der Waals surface area contributed by atoms with E-state index < -0.39 is 0 Å². The smallest absolute Gasteiger partial charge is 0.238 e. The minimum atomic E-state index is -0.186. The molecule has 8 heteroatoms. The van der Waals surface area contributed by atoms with Crippen LogP contribution in [0.4, 0.5) is 5.69 Å². The zero-order valence-corrected chi connectivity index (χ0v) is 18.9. The van der Waals surface area contributed by atoms with E-state index in [1.165, 1.54) is 0 Å². The predicted octanol–water partition coefficient (Wildman–Crippen LogP) is 3.12. The molecule has 1 aliphatic rings. The number of anilines is 1. The number of hydrogen-bond donors (Lipinski definition) is 1. The van der Waals surface area contributed by atoms with Gasteiger partial charge in [0.25, 0.3) is 0 Å². The maximum atomic E-state index is 13.0. The average molecular weight is 442 g/mol. The molecule has 0 unspecified atom stereocenters. The second-order valence-electron chi connectivity index (χ2n) is 7.55. The van der Waals surface area contributed by atoms with Crippen molar-refractivity contribution in [1.29, 1.82) is 0 Å². The number of carbonyl (C=O) groups excluding carboxylic acids is 2. The Bertz CT molecular complexity index is 934. The number of amides is 2. The summed E-state index contributed by atoms with van der Waals surface area (Å²) in [5, 5.41) is 2.87. The second kappa shape index (κ2) is 11.4. The first-order valence-corrected chi connectivity index (χ1v) is 10.9. The summed E-state index contributed by atoms with van der Waals surface area (Å²) >= 11 is 0. The van der Waals surface area contributed by atoms with Crippen LogP contribution in [-0.2, 0) is 16.1 Å². The number of carbonyl (C=O) groups is 2. The van der Waals surface area contributed by atoms with E-state index in [2.05, 4.69) is 5.32 Å². The highest BCUT2D eigenvalue weighted by molar-refractivity contribution is 5.94. The highest BCUT2D eigenvalue weighted by Gasteiger charge is 2.20. The molecule has 0 fully saturated rings. The molecule has 2 aromatic carbocycles. The van der Waals surface area contributed by atoms with Crippen molar-refractivity contribution < 1.29 is 23.8 Å². The predicted molar refractivity (Wildman–Crippen MR) is 122 cm³/mol. The van der Waals surface area contributed by atoms with Crippen LogP contribution in [0, 0.1) is 0 Å². The Kier molecular flexibility index (Phi) is 8.33. The lowest BCUT2D eigenvalue weighted by Crippen LogP contribution is -2.43. The molecule has 172 valence electrons. The third kappa shape index (κ3) is 6.13. The Morgan fingerprint density at radius 2 is 1.84 bits per heavy atom. The standard InChI is InChI=1S/C24H31N3O5/c1-4-12-26(15-23(28)25-19-8-6-7-9-20(19)30-3)16-24(29)27(5-2)14-18-10-11-21-22(13-18)32-17-31-21/h6-11,13H,4-5,12,14-17H2,1-3H3,(H,25,28). The van der Waals surface area contributed by atoms with Gasteiger partial charge in [0.1, 0.15) is 5.75 Å². The molecule has 32 heavy (non-hydrogen) atoms. The summed E-state index contributed by atoms with van der Waals surface area (Å²) < 4.78 is 16.1. The van der Waals surface area contributed by atoms with Crippen molar-refractivity contribution in [3.63, 3.8) is 0 Å². The molecule has 8 nitrogen and oxygen atoms in total. The first kappa shape index (κ1) is 23.4. The summed E-state index contributed by atoms with van der Waals surface area (Å²) in [4.78, 5) is 29.3. The molecule has 0 spiro atoms. The molecule has 0 saturated heterocycles. The van der Waals surface area contributed by atoms with Crippen molar-refractivity contribution in [3.8, 4) is 17.2 Å². The van der Waals surface area contributed by atoms with Gasteiger partial charge >= 0.3 is 0 Å². The van der Waals surface area contributed by atoms with Gasteiger partial charge in [-0.25, -0.2) is 0 Å². The molecule has 0 saturated carbocycles. The van der Waals surface area contributed by atoms with E-state index in [0.29, 0.717) is 36.8 Å². The van der Waals surface area contributed by atoms with E-state index in [9.17, 15) is 9.59 Å². The first-order chi connectivity index (χ1) is 15.5. The fourth-order valence-electron chi connectivity index (χ4n) is 3.60. The average Bonchev–Trinajstić information content (AvgIpc) is 3.25. The molecule has 2 amide bonds. The maximum Gasteiger partial charge on any atom is 0.238 e. The fourth-order valence-corrected chi connectivity index (χ4v) is 3.60. The van der Waals surface area contributed by atoms with E-state index in [1.807, 2.05) is 49.1 Å². The van der Waals surface area contributed by atoms with Crippen molar-refractivity contribution >= 4 is 17.5 Å². The summed E-state index contributed by atoms with van der Waals surface area (Å²) in [6, 6.07) is 13.0. The van der Waals surface area contributed by atoms with E-state index in [-0.39, 0.29) is 31.7 Å². The minimum Gasteiger partial charge on any atom is -0.495 e. The summed E-state index contributed by atoms with van der Waals surface area (Å²) in [7, 11) is 1.56. The molecular weight excluding hydrogens is 410 g/mol. The van der Waals surface area contributed by atoms with Gasteiger partial charge < -0.3 is 24.4 Å². The number of para-hydroxylation sites is 2. The SMILES string of the molecule is CCCN(CC(=O)Nc1ccccc1OC)CC(=O)N(CC)Cc1ccc2c(c1)OCO2. The number of methoxy groups -OCH3 is 1. The van der Waals surface area contributed by atoms with Crippen LogP contribution in [0.15, 0.2) is 42.5 Å². The van der Waals surface area contributed by atoms with Crippen molar-refractivity contribution in [2.75, 3.05) is 45.4 Å². The Balaban J connectivity index is 1.59. The summed E-state index contributed by atoms with van der Waals surface area (Å²) in [5.41, 5.74) is 1.58. The number of nitrogens with one attached hydrogen (secondary N) is 1. The fraction of sp³-hybridized carbons (Fsp3) is 0.417. The molecule has 0 atom stereocenters. The van der Waals surface area contributed by atoms with Crippen LogP contribution in [0.3, 0.4) is 0 Å². The van der Waals surface area contributed by atoms with Gasteiger partial charge in [0.2, 0.25) is 18.6 Å². The molecule has 0 aliphatic carbocycles. The molecule has 1 N–H and O–H groups in total. The third-order valence-corrected chi connectivity index (χ3v) is 5.19. The summed E-state index contributed by atoms with van der Waals surface area (Å²) in [5.74, 6) is 1.81. The zero-order valence-electron chi connectivity index (χ0n) is 18.9. The van der Waals surface area contributed by atoms with Crippen molar-refractivity contribution in [2.24, 2.45) is 0 Å². The summed E-state index contributed by atoms with van der Waals surface area (Å²) in [6.07, 6.45) is 0.837. The van der Waals surface area contributed by atoms with Crippen LogP contribution in [-0.4, -0.2) is 61.7 Å². The number of likely N-dealkylation sites (N-methyl/N-ethyl adjacent to an activating group) is 1. The molecule has 2 aromatic rings. The zero-order chi connectivity index (χ0) is 22.9. The van der Waals surface area contributed by atoms with E-state index in [0.717, 1.165) is 17.7 Å². The van der Waals surface area contributed by atoms with Crippen LogP contribution >= 0.6 is 0 Å². The van der Waals surface area contributed by atoms with Gasteiger partial charge in [-0.1, -0.05) is 25.1 Å². The first-order valence-electron chi connectivity index (χ1n) is 10.9. The highest BCUT2D eigenvalue weighted by Crippen LogP contribution is 2.32. The number of hydrogen-bond acceptors (Lipinski definition) is 6. The Hall–Kier alpha value is -3.26. The Morgan fingerprint density at radius 3 is 2.59 bits per heavy atom. The van der Waals surface area contributed by atoms with Crippen LogP contribution < -0.4 is 19.5 Å².